The van der Waals surface area contributed by atoms with Crippen LogP contribution >= 0.6 is 0 Å². The van der Waals surface area contributed by atoms with Crippen molar-refractivity contribution < 1.29 is 24.8 Å². The lowest BCUT2D eigenvalue weighted by Gasteiger charge is -2.23. The summed E-state index contributed by atoms with van der Waals surface area (Å²) in [5.74, 6) is 1.75. The van der Waals surface area contributed by atoms with Crippen molar-refractivity contribution in [1.82, 2.24) is 10.2 Å². The molecule has 1 aliphatic rings. The maximum atomic E-state index is 10.3. The van der Waals surface area contributed by atoms with Crippen LogP contribution in [-0.2, 0) is 0 Å². The lowest BCUT2D eigenvalue weighted by Crippen LogP contribution is -2.35. The highest BCUT2D eigenvalue weighted by Gasteiger charge is 2.20. The summed E-state index contributed by atoms with van der Waals surface area (Å²) in [7, 11) is 0. The zero-order chi connectivity index (χ0) is 28.3. The molecule has 0 aromatic heterocycles. The smallest absolute Gasteiger partial charge is 0.122 e. The molecule has 216 valence electrons. The fourth-order valence-corrected chi connectivity index (χ4v) is 5.36. The first-order valence-corrected chi connectivity index (χ1v) is 14.4. The Balaban J connectivity index is 1.30. The fourth-order valence-electron chi connectivity index (χ4n) is 5.36. The van der Waals surface area contributed by atoms with Gasteiger partial charge in [-0.25, -0.2) is 0 Å². The number of ether oxygens (including phenoxy) is 2. The van der Waals surface area contributed by atoms with Crippen LogP contribution < -0.4 is 14.8 Å². The van der Waals surface area contributed by atoms with Crippen LogP contribution in [-0.4, -0.2) is 78.4 Å². The highest BCUT2D eigenvalue weighted by molar-refractivity contribution is 5.74. The number of aliphatic hydroxyl groups is 3. The largest absolute Gasteiger partial charge is 0.493 e. The third-order valence-corrected chi connectivity index (χ3v) is 7.66. The van der Waals surface area contributed by atoms with E-state index in [1.807, 2.05) is 54.6 Å². The normalized spacial score (nSPS) is 17.1. The first kappa shape index (κ1) is 30.0. The third kappa shape index (κ3) is 8.05. The quantitative estimate of drug-likeness (QED) is 0.211. The van der Waals surface area contributed by atoms with E-state index in [1.54, 1.807) is 0 Å². The Morgan fingerprint density at radius 3 is 2.08 bits per heavy atom. The molecule has 1 fully saturated rings. The number of benzene rings is 3. The van der Waals surface area contributed by atoms with Crippen molar-refractivity contribution in [1.29, 1.82) is 0 Å². The Labute approximate surface area is 238 Å². The average molecular weight is 549 g/mol. The van der Waals surface area contributed by atoms with E-state index in [2.05, 4.69) is 36.2 Å². The van der Waals surface area contributed by atoms with Crippen LogP contribution in [0.2, 0.25) is 0 Å². The van der Waals surface area contributed by atoms with E-state index >= 15 is 0 Å². The van der Waals surface area contributed by atoms with Gasteiger partial charge < -0.3 is 35.0 Å². The van der Waals surface area contributed by atoms with Crippen LogP contribution in [0, 0.1) is 13.8 Å². The van der Waals surface area contributed by atoms with Gasteiger partial charge in [0, 0.05) is 19.6 Å². The van der Waals surface area contributed by atoms with Gasteiger partial charge in [0.2, 0.25) is 0 Å². The Morgan fingerprint density at radius 2 is 1.50 bits per heavy atom. The van der Waals surface area contributed by atoms with Crippen LogP contribution in [0.5, 0.6) is 11.5 Å². The van der Waals surface area contributed by atoms with Crippen LogP contribution in [0.15, 0.2) is 66.7 Å². The predicted molar refractivity (Wildman–Crippen MR) is 159 cm³/mol. The van der Waals surface area contributed by atoms with Crippen molar-refractivity contribution in [3.63, 3.8) is 0 Å². The number of nitrogens with one attached hydrogen (secondary N) is 1. The summed E-state index contributed by atoms with van der Waals surface area (Å²) in [4.78, 5) is 2.29. The van der Waals surface area contributed by atoms with E-state index in [1.165, 1.54) is 0 Å². The molecule has 4 N–H and O–H groups in total. The monoisotopic (exact) mass is 548 g/mol. The van der Waals surface area contributed by atoms with Crippen molar-refractivity contribution in [3.8, 4) is 22.6 Å². The molecule has 0 radical (unpaired) electrons. The molecule has 0 spiro atoms. The molecular weight excluding hydrogens is 504 g/mol. The second-order valence-corrected chi connectivity index (χ2v) is 10.6. The average Bonchev–Trinajstić information content (AvgIpc) is 3.39. The molecule has 7 heteroatoms. The summed E-state index contributed by atoms with van der Waals surface area (Å²) in [6.07, 6.45) is 1.49. The second kappa shape index (κ2) is 15.2. The highest BCUT2D eigenvalue weighted by Crippen LogP contribution is 2.35. The molecule has 3 aromatic rings. The minimum absolute atomic E-state index is 0.183. The number of β-amino-alcohol motifs (C(OH)–C–C–N with tert-alkyl or cyclic N) is 1. The van der Waals surface area contributed by atoms with E-state index in [4.69, 9.17) is 9.47 Å². The van der Waals surface area contributed by atoms with Crippen molar-refractivity contribution >= 4 is 0 Å². The molecule has 0 saturated carbocycles. The van der Waals surface area contributed by atoms with E-state index in [0.29, 0.717) is 19.8 Å². The summed E-state index contributed by atoms with van der Waals surface area (Å²) in [6.45, 7) is 8.38. The summed E-state index contributed by atoms with van der Waals surface area (Å²) < 4.78 is 12.3. The standard InChI is InChI=1S/C33H44N2O5/c1-24-28(29-13-7-15-32(25(29)2)40-21-9-18-35-19-16-27(37)22-35)12-6-14-31(24)39-20-8-17-34-33(30(38)23-36)26-10-4-3-5-11-26/h3-7,10-15,27,30,33-34,36-38H,8-9,16-23H2,1-2H3/t27-,30?,33?/m1/s1. The first-order chi connectivity index (χ1) is 19.5. The van der Waals surface area contributed by atoms with E-state index in [-0.39, 0.29) is 18.8 Å². The molecule has 0 bridgehead atoms. The number of hydrogen-bond acceptors (Lipinski definition) is 7. The Bertz CT molecular complexity index is 1190. The van der Waals surface area contributed by atoms with Gasteiger partial charge in [-0.2, -0.15) is 0 Å². The minimum Gasteiger partial charge on any atom is -0.493 e. The molecule has 0 aliphatic carbocycles. The van der Waals surface area contributed by atoms with E-state index < -0.39 is 6.10 Å². The number of hydrogen-bond donors (Lipinski definition) is 4. The number of likely N-dealkylation sites (tertiary alicyclic amines) is 1. The van der Waals surface area contributed by atoms with Crippen LogP contribution in [0.1, 0.15) is 42.0 Å². The van der Waals surface area contributed by atoms with E-state index in [9.17, 15) is 15.3 Å². The Hall–Kier alpha value is -2.94. The van der Waals surface area contributed by atoms with Crippen molar-refractivity contribution in [2.75, 3.05) is 46.0 Å². The van der Waals surface area contributed by atoms with Crippen LogP contribution in [0.4, 0.5) is 0 Å². The van der Waals surface area contributed by atoms with E-state index in [0.717, 1.165) is 78.2 Å². The van der Waals surface area contributed by atoms with Gasteiger partial charge in [0.05, 0.1) is 38.1 Å². The summed E-state index contributed by atoms with van der Waals surface area (Å²) in [6, 6.07) is 21.7. The lowest BCUT2D eigenvalue weighted by molar-refractivity contribution is 0.0620. The Kier molecular flexibility index (Phi) is 11.4. The van der Waals surface area contributed by atoms with Gasteiger partial charge in [-0.1, -0.05) is 54.6 Å². The number of rotatable bonds is 15. The van der Waals surface area contributed by atoms with Crippen molar-refractivity contribution in [2.45, 2.75) is 51.4 Å². The summed E-state index contributed by atoms with van der Waals surface area (Å²) in [5.41, 5.74) is 5.40. The van der Waals surface area contributed by atoms with Gasteiger partial charge in [-0.3, -0.25) is 0 Å². The molecule has 3 atom stereocenters. The number of nitrogens with zero attached hydrogens (tertiary/aromatic N) is 1. The highest BCUT2D eigenvalue weighted by atomic mass is 16.5. The zero-order valence-electron chi connectivity index (χ0n) is 23.8. The summed E-state index contributed by atoms with van der Waals surface area (Å²) in [5, 5.41) is 32.8. The molecule has 0 amide bonds. The SMILES string of the molecule is Cc1c(OCCCNC(c2ccccc2)C(O)CO)cccc1-c1cccc(OCCCN2CC[C@@H](O)C2)c1C. The van der Waals surface area contributed by atoms with Gasteiger partial charge in [0.1, 0.15) is 11.5 Å². The molecule has 4 rings (SSSR count). The number of aliphatic hydroxyl groups excluding tert-OH is 3. The molecule has 2 unspecified atom stereocenters. The second-order valence-electron chi connectivity index (χ2n) is 10.6. The van der Waals surface area contributed by atoms with Gasteiger partial charge in [0.15, 0.2) is 0 Å². The lowest BCUT2D eigenvalue weighted by atomic mass is 9.95. The van der Waals surface area contributed by atoms with Gasteiger partial charge in [-0.15, -0.1) is 0 Å². The zero-order valence-corrected chi connectivity index (χ0v) is 23.8. The predicted octanol–water partition coefficient (Wildman–Crippen LogP) is 4.26. The molecule has 7 nitrogen and oxygen atoms in total. The van der Waals surface area contributed by atoms with Crippen molar-refractivity contribution in [2.24, 2.45) is 0 Å². The van der Waals surface area contributed by atoms with Gasteiger partial charge in [0.25, 0.3) is 0 Å². The maximum Gasteiger partial charge on any atom is 0.122 e. The van der Waals surface area contributed by atoms with Crippen molar-refractivity contribution in [3.05, 3.63) is 83.4 Å². The molecule has 40 heavy (non-hydrogen) atoms. The molecule has 3 aromatic carbocycles. The van der Waals surface area contributed by atoms with Crippen LogP contribution in [0.25, 0.3) is 11.1 Å². The Morgan fingerprint density at radius 1 is 0.875 bits per heavy atom. The first-order valence-electron chi connectivity index (χ1n) is 14.4. The van der Waals surface area contributed by atoms with Crippen LogP contribution in [0.3, 0.4) is 0 Å². The van der Waals surface area contributed by atoms with Gasteiger partial charge >= 0.3 is 0 Å². The van der Waals surface area contributed by atoms with Gasteiger partial charge in [-0.05, 0) is 79.6 Å². The molecule has 1 heterocycles. The minimum atomic E-state index is -0.871. The fraction of sp³-hybridized carbons (Fsp3) is 0.455. The molecule has 1 saturated heterocycles. The topological polar surface area (TPSA) is 94.4 Å². The maximum absolute atomic E-state index is 10.3. The molecule has 1 aliphatic heterocycles. The summed E-state index contributed by atoms with van der Waals surface area (Å²) >= 11 is 0. The molecular formula is C33H44N2O5. The third-order valence-electron chi connectivity index (χ3n) is 7.66.